The maximum absolute atomic E-state index is 12.2. The van der Waals surface area contributed by atoms with Crippen LogP contribution in [-0.2, 0) is 16.1 Å². The average Bonchev–Trinajstić information content (AvgIpc) is 2.84. The van der Waals surface area contributed by atoms with Crippen LogP contribution in [0.5, 0.6) is 11.5 Å². The lowest BCUT2D eigenvalue weighted by atomic mass is 9.96. The van der Waals surface area contributed by atoms with Crippen molar-refractivity contribution in [2.24, 2.45) is 5.73 Å². The minimum Gasteiger partial charge on any atom is -0.492 e. The number of fused-ring (bicyclic) bond motifs is 1. The standard InChI is InChI=1S/C23H29N3O4/c1-23(30-13-17-6-4-3-5-7-17)15-26(16-23)10-11-28-18-8-9-21-20(12-18)25(2)22(27)19(24)14-29-21/h3-9,12,19H,10-11,13-16,24H2,1-2H3/t19-/m0/s1. The van der Waals surface area contributed by atoms with Crippen molar-refractivity contribution in [3.8, 4) is 11.5 Å². The topological polar surface area (TPSA) is 77.3 Å². The summed E-state index contributed by atoms with van der Waals surface area (Å²) in [5.74, 6) is 1.18. The molecule has 0 bridgehead atoms. The Hall–Kier alpha value is -2.61. The number of amides is 1. The minimum absolute atomic E-state index is 0.112. The molecule has 0 aromatic heterocycles. The molecule has 0 spiro atoms. The fraction of sp³-hybridized carbons (Fsp3) is 0.435. The number of hydrogen-bond donors (Lipinski definition) is 1. The van der Waals surface area contributed by atoms with Gasteiger partial charge in [-0.15, -0.1) is 0 Å². The number of anilines is 1. The lowest BCUT2D eigenvalue weighted by molar-refractivity contribution is -0.141. The second-order valence-corrected chi connectivity index (χ2v) is 8.23. The number of hydrogen-bond acceptors (Lipinski definition) is 6. The molecule has 2 N–H and O–H groups in total. The van der Waals surface area contributed by atoms with Crippen molar-refractivity contribution in [2.45, 2.75) is 25.2 Å². The number of benzene rings is 2. The molecule has 160 valence electrons. The van der Waals surface area contributed by atoms with Gasteiger partial charge in [-0.1, -0.05) is 30.3 Å². The van der Waals surface area contributed by atoms with Crippen molar-refractivity contribution in [1.29, 1.82) is 0 Å². The van der Waals surface area contributed by atoms with Crippen LogP contribution >= 0.6 is 0 Å². The molecule has 1 amide bonds. The zero-order valence-electron chi connectivity index (χ0n) is 17.5. The van der Waals surface area contributed by atoms with Crippen LogP contribution in [0.2, 0.25) is 0 Å². The van der Waals surface area contributed by atoms with Crippen LogP contribution in [0.3, 0.4) is 0 Å². The maximum atomic E-state index is 12.2. The Kier molecular flexibility index (Phi) is 5.94. The van der Waals surface area contributed by atoms with E-state index in [0.717, 1.165) is 19.6 Å². The van der Waals surface area contributed by atoms with E-state index in [-0.39, 0.29) is 18.1 Å². The molecule has 1 fully saturated rings. The second kappa shape index (κ2) is 8.63. The molecule has 4 rings (SSSR count). The van der Waals surface area contributed by atoms with Crippen LogP contribution < -0.4 is 20.1 Å². The first-order valence-electron chi connectivity index (χ1n) is 10.3. The molecular weight excluding hydrogens is 382 g/mol. The molecular formula is C23H29N3O4. The van der Waals surface area contributed by atoms with E-state index in [2.05, 4.69) is 24.0 Å². The third-order valence-corrected chi connectivity index (χ3v) is 5.58. The van der Waals surface area contributed by atoms with Gasteiger partial charge >= 0.3 is 0 Å². The third-order valence-electron chi connectivity index (χ3n) is 5.58. The van der Waals surface area contributed by atoms with E-state index in [0.29, 0.717) is 30.4 Å². The highest BCUT2D eigenvalue weighted by atomic mass is 16.5. The van der Waals surface area contributed by atoms with Gasteiger partial charge in [0.2, 0.25) is 5.91 Å². The largest absolute Gasteiger partial charge is 0.492 e. The lowest BCUT2D eigenvalue weighted by Crippen LogP contribution is -2.61. The highest BCUT2D eigenvalue weighted by Gasteiger charge is 2.39. The van der Waals surface area contributed by atoms with Crippen LogP contribution in [0.1, 0.15) is 12.5 Å². The Bertz CT molecular complexity index is 883. The van der Waals surface area contributed by atoms with Crippen LogP contribution in [0.15, 0.2) is 48.5 Å². The van der Waals surface area contributed by atoms with Gasteiger partial charge in [0.25, 0.3) is 0 Å². The van der Waals surface area contributed by atoms with Crippen molar-refractivity contribution in [1.82, 2.24) is 4.90 Å². The molecule has 2 aliphatic rings. The van der Waals surface area contributed by atoms with E-state index in [1.54, 1.807) is 7.05 Å². The number of likely N-dealkylation sites (tertiary alicyclic amines) is 1. The summed E-state index contributed by atoms with van der Waals surface area (Å²) in [6.07, 6.45) is 0. The molecule has 0 aliphatic carbocycles. The molecule has 7 nitrogen and oxygen atoms in total. The number of rotatable bonds is 7. The molecule has 2 aromatic rings. The Morgan fingerprint density at radius 3 is 2.73 bits per heavy atom. The monoisotopic (exact) mass is 411 g/mol. The van der Waals surface area contributed by atoms with Gasteiger partial charge in [0.1, 0.15) is 30.8 Å². The van der Waals surface area contributed by atoms with E-state index in [1.165, 1.54) is 10.5 Å². The number of likely N-dealkylation sites (N-methyl/N-ethyl adjacent to an activating group) is 1. The van der Waals surface area contributed by atoms with Crippen molar-refractivity contribution in [3.05, 3.63) is 54.1 Å². The number of carbonyl (C=O) groups excluding carboxylic acids is 1. The van der Waals surface area contributed by atoms with Crippen molar-refractivity contribution >= 4 is 11.6 Å². The molecule has 2 heterocycles. The highest BCUT2D eigenvalue weighted by molar-refractivity contribution is 5.98. The van der Waals surface area contributed by atoms with Gasteiger partial charge < -0.3 is 24.8 Å². The third kappa shape index (κ3) is 4.59. The van der Waals surface area contributed by atoms with Gasteiger partial charge in [-0.2, -0.15) is 0 Å². The summed E-state index contributed by atoms with van der Waals surface area (Å²) in [6, 6.07) is 15.1. The quantitative estimate of drug-likeness (QED) is 0.751. The number of ether oxygens (including phenoxy) is 3. The number of carbonyl (C=O) groups is 1. The first kappa shape index (κ1) is 20.7. The van der Waals surface area contributed by atoms with Crippen LogP contribution in [0, 0.1) is 0 Å². The number of nitrogens with two attached hydrogens (primary N) is 1. The molecule has 30 heavy (non-hydrogen) atoms. The molecule has 2 aromatic carbocycles. The summed E-state index contributed by atoms with van der Waals surface area (Å²) in [5.41, 5.74) is 7.59. The average molecular weight is 412 g/mol. The summed E-state index contributed by atoms with van der Waals surface area (Å²) in [5, 5.41) is 0. The van der Waals surface area contributed by atoms with Crippen molar-refractivity contribution in [3.63, 3.8) is 0 Å². The van der Waals surface area contributed by atoms with Crippen LogP contribution in [0.25, 0.3) is 0 Å². The van der Waals surface area contributed by atoms with Crippen LogP contribution in [-0.4, -0.2) is 62.3 Å². The Morgan fingerprint density at radius 2 is 1.97 bits per heavy atom. The normalized spacial score (nSPS) is 20.7. The highest BCUT2D eigenvalue weighted by Crippen LogP contribution is 2.34. The van der Waals surface area contributed by atoms with Gasteiger partial charge in [0.15, 0.2) is 0 Å². The number of nitrogens with zero attached hydrogens (tertiary/aromatic N) is 2. The fourth-order valence-electron chi connectivity index (χ4n) is 3.86. The summed E-state index contributed by atoms with van der Waals surface area (Å²) in [7, 11) is 1.70. The predicted octanol–water partition coefficient (Wildman–Crippen LogP) is 2.04. The van der Waals surface area contributed by atoms with Gasteiger partial charge in [-0.3, -0.25) is 9.69 Å². The molecule has 7 heteroatoms. The molecule has 2 aliphatic heterocycles. The van der Waals surface area contributed by atoms with E-state index < -0.39 is 6.04 Å². The Labute approximate surface area is 177 Å². The SMILES string of the molecule is CN1C(=O)[C@@H](N)COc2ccc(OCCN3CC(C)(OCc4ccccc4)C3)cc21. The van der Waals surface area contributed by atoms with Gasteiger partial charge in [-0.05, 0) is 24.6 Å². The van der Waals surface area contributed by atoms with E-state index in [9.17, 15) is 4.79 Å². The second-order valence-electron chi connectivity index (χ2n) is 8.23. The molecule has 0 saturated carbocycles. The summed E-state index contributed by atoms with van der Waals surface area (Å²) < 4.78 is 17.7. The minimum atomic E-state index is -0.656. The predicted molar refractivity (Wildman–Crippen MR) is 115 cm³/mol. The van der Waals surface area contributed by atoms with E-state index >= 15 is 0 Å². The molecule has 0 unspecified atom stereocenters. The van der Waals surface area contributed by atoms with E-state index in [4.69, 9.17) is 19.9 Å². The van der Waals surface area contributed by atoms with Crippen LogP contribution in [0.4, 0.5) is 5.69 Å². The zero-order chi connectivity index (χ0) is 21.1. The summed E-state index contributed by atoms with van der Waals surface area (Å²) >= 11 is 0. The molecule has 1 atom stereocenters. The Balaban J connectivity index is 1.24. The van der Waals surface area contributed by atoms with Crippen molar-refractivity contribution < 1.29 is 19.0 Å². The maximum Gasteiger partial charge on any atom is 0.247 e. The lowest BCUT2D eigenvalue weighted by Gasteiger charge is -2.47. The molecule has 1 saturated heterocycles. The first-order chi connectivity index (χ1) is 14.4. The van der Waals surface area contributed by atoms with Gasteiger partial charge in [0.05, 0.1) is 17.9 Å². The first-order valence-corrected chi connectivity index (χ1v) is 10.3. The smallest absolute Gasteiger partial charge is 0.247 e. The van der Waals surface area contributed by atoms with Gasteiger partial charge in [0, 0.05) is 32.7 Å². The molecule has 0 radical (unpaired) electrons. The summed E-state index contributed by atoms with van der Waals surface area (Å²) in [4.78, 5) is 16.1. The fourth-order valence-corrected chi connectivity index (χ4v) is 3.86. The summed E-state index contributed by atoms with van der Waals surface area (Å²) in [6.45, 7) is 6.11. The van der Waals surface area contributed by atoms with E-state index in [1.807, 2.05) is 36.4 Å². The van der Waals surface area contributed by atoms with Gasteiger partial charge in [-0.25, -0.2) is 0 Å². The Morgan fingerprint density at radius 1 is 1.20 bits per heavy atom. The zero-order valence-corrected chi connectivity index (χ0v) is 17.5. The van der Waals surface area contributed by atoms with Crippen molar-refractivity contribution in [2.75, 3.05) is 44.8 Å².